The van der Waals surface area contributed by atoms with E-state index in [-0.39, 0.29) is 5.69 Å². The van der Waals surface area contributed by atoms with Gasteiger partial charge in [-0.1, -0.05) is 19.1 Å². The number of urea groups is 1. The average Bonchev–Trinajstić information content (AvgIpc) is 2.67. The molecule has 0 spiro atoms. The Morgan fingerprint density at radius 3 is 2.68 bits per heavy atom. The number of aryl methyl sites for hydroxylation is 1. The molecule has 1 aliphatic rings. The lowest BCUT2D eigenvalue weighted by Crippen LogP contribution is -2.38. The second-order valence-electron chi connectivity index (χ2n) is 6.41. The van der Waals surface area contributed by atoms with Crippen molar-refractivity contribution in [1.82, 2.24) is 9.88 Å². The van der Waals surface area contributed by atoms with Crippen LogP contribution in [0.1, 0.15) is 30.2 Å². The fourth-order valence-corrected chi connectivity index (χ4v) is 3.11. The predicted octanol–water partition coefficient (Wildman–Crippen LogP) is 5.12. The number of benzene rings is 1. The maximum atomic E-state index is 13.6. The van der Waals surface area contributed by atoms with E-state index in [4.69, 9.17) is 0 Å². The van der Waals surface area contributed by atoms with Crippen LogP contribution in [0.2, 0.25) is 0 Å². The lowest BCUT2D eigenvalue weighted by atomic mass is 9.99. The van der Waals surface area contributed by atoms with E-state index in [0.717, 1.165) is 29.3 Å². The van der Waals surface area contributed by atoms with Crippen molar-refractivity contribution in [3.05, 3.63) is 65.2 Å². The van der Waals surface area contributed by atoms with Gasteiger partial charge >= 0.3 is 12.2 Å². The van der Waals surface area contributed by atoms with Crippen molar-refractivity contribution in [1.29, 1.82) is 0 Å². The van der Waals surface area contributed by atoms with Crippen molar-refractivity contribution in [2.75, 3.05) is 18.4 Å². The minimum atomic E-state index is -4.77. The highest BCUT2D eigenvalue weighted by atomic mass is 19.4. The highest BCUT2D eigenvalue weighted by molar-refractivity contribution is 5.90. The molecule has 4 nitrogen and oxygen atoms in total. The van der Waals surface area contributed by atoms with Crippen LogP contribution in [0.25, 0.3) is 5.57 Å². The summed E-state index contributed by atoms with van der Waals surface area (Å²) in [5, 5.41) is 2.44. The molecule has 1 aromatic heterocycles. The number of anilines is 1. The minimum absolute atomic E-state index is 0.0247. The maximum absolute atomic E-state index is 13.6. The molecule has 0 bridgehead atoms. The molecular formula is C20H19F4N3O. The zero-order valence-corrected chi connectivity index (χ0v) is 15.2. The number of carbonyl (C=O) groups is 1. The number of amides is 2. The Morgan fingerprint density at radius 2 is 2.07 bits per heavy atom. The fourth-order valence-electron chi connectivity index (χ4n) is 3.11. The van der Waals surface area contributed by atoms with Crippen LogP contribution in [0.5, 0.6) is 0 Å². The number of rotatable bonds is 3. The first-order valence-corrected chi connectivity index (χ1v) is 8.85. The molecule has 2 heterocycles. The zero-order chi connectivity index (χ0) is 20.3. The molecule has 2 amide bonds. The van der Waals surface area contributed by atoms with Gasteiger partial charge in [-0.05, 0) is 48.2 Å². The van der Waals surface area contributed by atoms with E-state index in [0.29, 0.717) is 31.6 Å². The molecule has 0 aliphatic carbocycles. The number of nitrogens with zero attached hydrogens (tertiary/aromatic N) is 2. The molecule has 148 valence electrons. The Balaban J connectivity index is 1.67. The molecular weight excluding hydrogens is 374 g/mol. The molecule has 0 saturated carbocycles. The maximum Gasteiger partial charge on any atom is 0.419 e. The van der Waals surface area contributed by atoms with Gasteiger partial charge in [0.2, 0.25) is 0 Å². The van der Waals surface area contributed by atoms with Crippen LogP contribution >= 0.6 is 0 Å². The number of nitrogens with one attached hydrogen (secondary N) is 1. The number of halogens is 4. The average molecular weight is 393 g/mol. The van der Waals surface area contributed by atoms with Gasteiger partial charge < -0.3 is 10.2 Å². The monoisotopic (exact) mass is 393 g/mol. The van der Waals surface area contributed by atoms with E-state index in [9.17, 15) is 22.4 Å². The highest BCUT2D eigenvalue weighted by Crippen LogP contribution is 2.32. The highest BCUT2D eigenvalue weighted by Gasteiger charge is 2.34. The number of hydrogen-bond acceptors (Lipinski definition) is 2. The van der Waals surface area contributed by atoms with Gasteiger partial charge in [0.05, 0.1) is 11.3 Å². The van der Waals surface area contributed by atoms with Crippen LogP contribution in [-0.4, -0.2) is 29.0 Å². The van der Waals surface area contributed by atoms with Gasteiger partial charge in [-0.15, -0.1) is 0 Å². The van der Waals surface area contributed by atoms with Crippen LogP contribution in [0, 0.1) is 5.82 Å². The molecule has 0 unspecified atom stereocenters. The summed E-state index contributed by atoms with van der Waals surface area (Å²) in [6.45, 7) is 2.82. The smallest absolute Gasteiger partial charge is 0.320 e. The summed E-state index contributed by atoms with van der Waals surface area (Å²) in [5.74, 6) is -1.42. The van der Waals surface area contributed by atoms with Crippen LogP contribution in [0.15, 0.2) is 42.6 Å². The van der Waals surface area contributed by atoms with Gasteiger partial charge in [0.1, 0.15) is 5.82 Å². The first kappa shape index (κ1) is 19.9. The van der Waals surface area contributed by atoms with Crippen molar-refractivity contribution in [3.8, 4) is 0 Å². The van der Waals surface area contributed by atoms with Crippen LogP contribution < -0.4 is 5.32 Å². The Labute approximate surface area is 159 Å². The quantitative estimate of drug-likeness (QED) is 0.736. The summed E-state index contributed by atoms with van der Waals surface area (Å²) in [6, 6.07) is 5.73. The summed E-state index contributed by atoms with van der Waals surface area (Å²) in [7, 11) is 0. The third-order valence-electron chi connectivity index (χ3n) is 4.60. The summed E-state index contributed by atoms with van der Waals surface area (Å²) in [6.07, 6.45) is 0.331. The van der Waals surface area contributed by atoms with Crippen LogP contribution in [-0.2, 0) is 12.6 Å². The standard InChI is InChI=1S/C20H19F4N3O/c1-2-13-4-3-9-25-18(13)14-7-10-27(11-8-14)19(28)26-15-5-6-16(17(21)12-15)20(22,23)24/h3-7,9,12H,2,8,10-11H2,1H3,(H,26,28). The summed E-state index contributed by atoms with van der Waals surface area (Å²) in [4.78, 5) is 18.3. The predicted molar refractivity (Wildman–Crippen MR) is 98.2 cm³/mol. The van der Waals surface area contributed by atoms with Gasteiger partial charge in [-0.25, -0.2) is 9.18 Å². The molecule has 1 aliphatic heterocycles. The first-order valence-electron chi connectivity index (χ1n) is 8.85. The molecule has 0 fully saturated rings. The number of pyridine rings is 1. The molecule has 0 atom stereocenters. The Hall–Kier alpha value is -2.90. The van der Waals surface area contributed by atoms with E-state index in [1.165, 1.54) is 4.90 Å². The first-order chi connectivity index (χ1) is 13.3. The minimum Gasteiger partial charge on any atom is -0.320 e. The molecule has 28 heavy (non-hydrogen) atoms. The third kappa shape index (κ3) is 4.32. The van der Waals surface area contributed by atoms with Crippen LogP contribution in [0.3, 0.4) is 0 Å². The van der Waals surface area contributed by atoms with Gasteiger partial charge in [0, 0.05) is 25.0 Å². The summed E-state index contributed by atoms with van der Waals surface area (Å²) in [5.41, 5.74) is 1.73. The van der Waals surface area contributed by atoms with Crippen LogP contribution in [0.4, 0.5) is 28.0 Å². The third-order valence-corrected chi connectivity index (χ3v) is 4.60. The van der Waals surface area contributed by atoms with Crippen molar-refractivity contribution >= 4 is 17.3 Å². The SMILES string of the molecule is CCc1cccnc1C1=CCN(C(=O)Nc2ccc(C(F)(F)F)c(F)c2)CC1. The molecule has 1 N–H and O–H groups in total. The van der Waals surface area contributed by atoms with E-state index < -0.39 is 23.6 Å². The van der Waals surface area contributed by atoms with Gasteiger partial charge in [-0.3, -0.25) is 4.98 Å². The lowest BCUT2D eigenvalue weighted by Gasteiger charge is -2.27. The molecule has 0 radical (unpaired) electrons. The van der Waals surface area contributed by atoms with E-state index in [1.54, 1.807) is 6.20 Å². The summed E-state index contributed by atoms with van der Waals surface area (Å²) < 4.78 is 51.5. The summed E-state index contributed by atoms with van der Waals surface area (Å²) >= 11 is 0. The Kier molecular flexibility index (Phi) is 5.67. The number of hydrogen-bond donors (Lipinski definition) is 1. The fraction of sp³-hybridized carbons (Fsp3) is 0.300. The Morgan fingerprint density at radius 1 is 1.29 bits per heavy atom. The van der Waals surface area contributed by atoms with E-state index in [2.05, 4.69) is 10.3 Å². The largest absolute Gasteiger partial charge is 0.419 e. The number of carbonyl (C=O) groups excluding carboxylic acids is 1. The second kappa shape index (κ2) is 8.00. The molecule has 2 aromatic rings. The molecule has 0 saturated heterocycles. The molecule has 3 rings (SSSR count). The Bertz CT molecular complexity index is 909. The second-order valence-corrected chi connectivity index (χ2v) is 6.41. The number of aromatic nitrogens is 1. The van der Waals surface area contributed by atoms with Crippen molar-refractivity contribution in [2.45, 2.75) is 25.9 Å². The topological polar surface area (TPSA) is 45.2 Å². The van der Waals surface area contributed by atoms with E-state index in [1.807, 2.05) is 25.1 Å². The molecule has 8 heteroatoms. The normalized spacial score (nSPS) is 14.6. The van der Waals surface area contributed by atoms with Gasteiger partial charge in [0.25, 0.3) is 0 Å². The zero-order valence-electron chi connectivity index (χ0n) is 15.2. The van der Waals surface area contributed by atoms with Crippen molar-refractivity contribution in [2.24, 2.45) is 0 Å². The molecule has 1 aromatic carbocycles. The van der Waals surface area contributed by atoms with Gasteiger partial charge in [0.15, 0.2) is 0 Å². The number of alkyl halides is 3. The lowest BCUT2D eigenvalue weighted by molar-refractivity contribution is -0.139. The van der Waals surface area contributed by atoms with Crippen molar-refractivity contribution in [3.63, 3.8) is 0 Å². The van der Waals surface area contributed by atoms with Gasteiger partial charge in [-0.2, -0.15) is 13.2 Å². The van der Waals surface area contributed by atoms with E-state index >= 15 is 0 Å². The van der Waals surface area contributed by atoms with Crippen molar-refractivity contribution < 1.29 is 22.4 Å².